The van der Waals surface area contributed by atoms with E-state index in [1.54, 1.807) is 0 Å². The molecule has 0 spiro atoms. The molecule has 0 bridgehead atoms. The highest BCUT2D eigenvalue weighted by Gasteiger charge is 2.52. The van der Waals surface area contributed by atoms with Gasteiger partial charge in [0.2, 0.25) is 0 Å². The molecule has 2 nitrogen and oxygen atoms in total. The minimum atomic E-state index is -1.36. The van der Waals surface area contributed by atoms with Crippen LogP contribution in [0.2, 0.25) is 0 Å². The molecule has 3 aromatic rings. The molecule has 26 heavy (non-hydrogen) atoms. The molecule has 128 valence electrons. The summed E-state index contributed by atoms with van der Waals surface area (Å²) in [5.74, 6) is -0.586. The Labute approximate surface area is 153 Å². The predicted molar refractivity (Wildman–Crippen MR) is 104 cm³/mol. The van der Waals surface area contributed by atoms with Gasteiger partial charge in [0.1, 0.15) is 5.60 Å². The van der Waals surface area contributed by atoms with Crippen molar-refractivity contribution < 1.29 is 9.90 Å². The molecule has 1 aliphatic carbocycles. The summed E-state index contributed by atoms with van der Waals surface area (Å²) in [5.41, 5.74) is 2.39. The Balaban J connectivity index is 2.06. The maximum atomic E-state index is 13.3. The van der Waals surface area contributed by atoms with Crippen LogP contribution in [-0.2, 0) is 10.4 Å². The molecule has 0 amide bonds. The highest BCUT2D eigenvalue weighted by atomic mass is 16.3. The van der Waals surface area contributed by atoms with Gasteiger partial charge in [-0.25, -0.2) is 0 Å². The molecule has 0 saturated heterocycles. The van der Waals surface area contributed by atoms with Crippen molar-refractivity contribution in [3.05, 3.63) is 108 Å². The van der Waals surface area contributed by atoms with Crippen LogP contribution >= 0.6 is 0 Å². The van der Waals surface area contributed by atoms with Gasteiger partial charge in [-0.15, -0.1) is 0 Å². The van der Waals surface area contributed by atoms with Crippen molar-refractivity contribution in [1.29, 1.82) is 0 Å². The first-order valence-corrected chi connectivity index (χ1v) is 8.81. The van der Waals surface area contributed by atoms with Gasteiger partial charge in [0.15, 0.2) is 5.78 Å². The van der Waals surface area contributed by atoms with Gasteiger partial charge in [0.05, 0.1) is 5.92 Å². The Kier molecular flexibility index (Phi) is 4.06. The van der Waals surface area contributed by atoms with Gasteiger partial charge in [-0.1, -0.05) is 97.9 Å². The molecular formula is C24H20O2. The van der Waals surface area contributed by atoms with Crippen LogP contribution in [0.4, 0.5) is 0 Å². The van der Waals surface area contributed by atoms with Crippen molar-refractivity contribution in [3.8, 4) is 0 Å². The summed E-state index contributed by atoms with van der Waals surface area (Å²) in [6, 6.07) is 28.8. The third kappa shape index (κ3) is 2.42. The lowest BCUT2D eigenvalue weighted by atomic mass is 9.78. The molecule has 0 saturated carbocycles. The van der Waals surface area contributed by atoms with Crippen molar-refractivity contribution in [1.82, 2.24) is 0 Å². The largest absolute Gasteiger partial charge is 0.380 e. The zero-order valence-corrected chi connectivity index (χ0v) is 14.6. The summed E-state index contributed by atoms with van der Waals surface area (Å²) >= 11 is 0. The normalized spacial score (nSPS) is 22.7. The van der Waals surface area contributed by atoms with E-state index in [0.717, 1.165) is 16.7 Å². The van der Waals surface area contributed by atoms with E-state index in [9.17, 15) is 9.90 Å². The summed E-state index contributed by atoms with van der Waals surface area (Å²) in [7, 11) is 0. The first-order chi connectivity index (χ1) is 12.6. The molecule has 2 atom stereocenters. The average molecular weight is 340 g/mol. The molecule has 0 aliphatic heterocycles. The fourth-order valence-corrected chi connectivity index (χ4v) is 3.88. The van der Waals surface area contributed by atoms with Gasteiger partial charge in [0, 0.05) is 11.1 Å². The number of benzene rings is 3. The molecule has 0 fully saturated rings. The van der Waals surface area contributed by atoms with Crippen LogP contribution in [0.3, 0.4) is 0 Å². The number of hydrogen-bond acceptors (Lipinski definition) is 2. The maximum absolute atomic E-state index is 13.3. The summed E-state index contributed by atoms with van der Waals surface area (Å²) in [6.07, 6.45) is 0. The van der Waals surface area contributed by atoms with E-state index in [2.05, 4.69) is 0 Å². The molecule has 1 N–H and O–H groups in total. The maximum Gasteiger partial charge on any atom is 0.170 e. The van der Waals surface area contributed by atoms with E-state index in [0.29, 0.717) is 11.1 Å². The van der Waals surface area contributed by atoms with Crippen molar-refractivity contribution in [2.45, 2.75) is 12.5 Å². The summed E-state index contributed by atoms with van der Waals surface area (Å²) in [6.45, 7) is 1.81. The van der Waals surface area contributed by atoms with E-state index in [1.807, 2.05) is 97.9 Å². The zero-order valence-electron chi connectivity index (χ0n) is 14.6. The van der Waals surface area contributed by atoms with Crippen LogP contribution < -0.4 is 0 Å². The van der Waals surface area contributed by atoms with Gasteiger partial charge in [-0.2, -0.15) is 0 Å². The first kappa shape index (κ1) is 16.5. The Morgan fingerprint density at radius 2 is 1.19 bits per heavy atom. The minimum Gasteiger partial charge on any atom is -0.380 e. The molecule has 0 radical (unpaired) electrons. The van der Waals surface area contributed by atoms with Crippen LogP contribution in [0.5, 0.6) is 0 Å². The topological polar surface area (TPSA) is 37.3 Å². The van der Waals surface area contributed by atoms with E-state index in [4.69, 9.17) is 0 Å². The highest BCUT2D eigenvalue weighted by Crippen LogP contribution is 2.52. The van der Waals surface area contributed by atoms with Crippen LogP contribution in [0.1, 0.15) is 23.6 Å². The standard InChI is InChI=1S/C24H20O2/c1-17-23(25)21(18-11-5-2-6-12-18)22(19-13-7-3-8-14-19)24(17,26)20-15-9-4-10-16-20/h2-17,26H,1H3/t17-,24+/m1/s1. The monoisotopic (exact) mass is 340 g/mol. The number of carbonyl (C=O) groups excluding carboxylic acids is 1. The van der Waals surface area contributed by atoms with Crippen LogP contribution in [0.15, 0.2) is 91.0 Å². The molecule has 0 heterocycles. The van der Waals surface area contributed by atoms with Gasteiger partial charge in [-0.3, -0.25) is 4.79 Å². The Hall–Kier alpha value is -2.97. The first-order valence-electron chi connectivity index (χ1n) is 8.81. The van der Waals surface area contributed by atoms with Gasteiger partial charge in [-0.05, 0) is 16.7 Å². The van der Waals surface area contributed by atoms with E-state index >= 15 is 0 Å². The molecule has 4 rings (SSSR count). The lowest BCUT2D eigenvalue weighted by Gasteiger charge is -2.31. The molecule has 0 aromatic heterocycles. The summed E-state index contributed by atoms with van der Waals surface area (Å²) in [5, 5.41) is 11.9. The average Bonchev–Trinajstić information content (AvgIpc) is 2.92. The second-order valence-electron chi connectivity index (χ2n) is 6.70. The fourth-order valence-electron chi connectivity index (χ4n) is 3.88. The fraction of sp³-hybridized carbons (Fsp3) is 0.125. The summed E-state index contributed by atoms with van der Waals surface area (Å²) in [4.78, 5) is 13.3. The van der Waals surface area contributed by atoms with Crippen molar-refractivity contribution >= 4 is 16.9 Å². The zero-order chi connectivity index (χ0) is 18.1. The lowest BCUT2D eigenvalue weighted by molar-refractivity contribution is -0.121. The number of rotatable bonds is 3. The smallest absolute Gasteiger partial charge is 0.170 e. The Morgan fingerprint density at radius 1 is 0.731 bits per heavy atom. The van der Waals surface area contributed by atoms with Crippen LogP contribution in [-0.4, -0.2) is 10.9 Å². The van der Waals surface area contributed by atoms with Crippen molar-refractivity contribution in [2.75, 3.05) is 0 Å². The number of ketones is 1. The molecular weight excluding hydrogens is 320 g/mol. The van der Waals surface area contributed by atoms with Gasteiger partial charge in [0.25, 0.3) is 0 Å². The van der Waals surface area contributed by atoms with E-state index < -0.39 is 11.5 Å². The third-order valence-corrected chi connectivity index (χ3v) is 5.24. The molecule has 0 unspecified atom stereocenters. The number of allylic oxidation sites excluding steroid dienone is 1. The minimum absolute atomic E-state index is 0.0265. The Bertz CT molecular complexity index is 959. The molecule has 3 aromatic carbocycles. The van der Waals surface area contributed by atoms with Crippen molar-refractivity contribution in [2.24, 2.45) is 5.92 Å². The summed E-state index contributed by atoms with van der Waals surface area (Å²) < 4.78 is 0. The highest BCUT2D eigenvalue weighted by molar-refractivity contribution is 6.33. The number of aliphatic hydroxyl groups is 1. The van der Waals surface area contributed by atoms with Crippen LogP contribution in [0, 0.1) is 5.92 Å². The quantitative estimate of drug-likeness (QED) is 0.750. The van der Waals surface area contributed by atoms with Gasteiger partial charge < -0.3 is 5.11 Å². The van der Waals surface area contributed by atoms with Gasteiger partial charge >= 0.3 is 0 Å². The van der Waals surface area contributed by atoms with E-state index in [-0.39, 0.29) is 5.78 Å². The Morgan fingerprint density at radius 3 is 1.73 bits per heavy atom. The van der Waals surface area contributed by atoms with Crippen molar-refractivity contribution in [3.63, 3.8) is 0 Å². The molecule has 1 aliphatic rings. The SMILES string of the molecule is C[C@@H]1C(=O)C(c2ccccc2)=C(c2ccccc2)[C@@]1(O)c1ccccc1. The lowest BCUT2D eigenvalue weighted by Crippen LogP contribution is -2.33. The number of Topliss-reactive ketones (excluding diaryl/α,β-unsaturated/α-hetero) is 1. The predicted octanol–water partition coefficient (Wildman–Crippen LogP) is 4.70. The van der Waals surface area contributed by atoms with Crippen LogP contribution in [0.25, 0.3) is 11.1 Å². The second-order valence-corrected chi connectivity index (χ2v) is 6.70. The number of hydrogen-bond donors (Lipinski definition) is 1. The molecule has 2 heteroatoms. The number of carbonyl (C=O) groups is 1. The van der Waals surface area contributed by atoms with E-state index in [1.165, 1.54) is 0 Å². The second kappa shape index (κ2) is 6.40. The third-order valence-electron chi connectivity index (χ3n) is 5.24.